The molecule has 6 nitrogen and oxygen atoms in total. The smallest absolute Gasteiger partial charge is 0.205 e. The summed E-state index contributed by atoms with van der Waals surface area (Å²) in [6.45, 7) is 6.00. The molecule has 2 aromatic rings. The summed E-state index contributed by atoms with van der Waals surface area (Å²) in [5.41, 5.74) is 9.34. The zero-order valence-corrected chi connectivity index (χ0v) is 16.7. The quantitative estimate of drug-likeness (QED) is 0.823. The molecule has 0 saturated carbocycles. The van der Waals surface area contributed by atoms with Gasteiger partial charge in [0.25, 0.3) is 0 Å². The second-order valence-corrected chi connectivity index (χ2v) is 6.43. The maximum absolute atomic E-state index is 9.73. The van der Waals surface area contributed by atoms with E-state index in [1.54, 1.807) is 14.2 Å². The van der Waals surface area contributed by atoms with E-state index in [4.69, 9.17) is 19.9 Å². The Kier molecular flexibility index (Phi) is 5.65. The molecule has 1 aliphatic heterocycles. The van der Waals surface area contributed by atoms with E-state index >= 15 is 0 Å². The van der Waals surface area contributed by atoms with Gasteiger partial charge in [-0.3, -0.25) is 0 Å². The number of hydrogen-bond acceptors (Lipinski definition) is 6. The first-order chi connectivity index (χ1) is 13.6. The van der Waals surface area contributed by atoms with Crippen LogP contribution in [0.3, 0.4) is 0 Å². The highest BCUT2D eigenvalue weighted by molar-refractivity contribution is 5.62. The first-order valence-corrected chi connectivity index (χ1v) is 9.26. The fourth-order valence-electron chi connectivity index (χ4n) is 3.60. The molecule has 1 unspecified atom stereocenters. The Morgan fingerprint density at radius 2 is 1.79 bits per heavy atom. The highest BCUT2D eigenvalue weighted by Gasteiger charge is 2.31. The van der Waals surface area contributed by atoms with Crippen LogP contribution >= 0.6 is 0 Å². The minimum absolute atomic E-state index is 0.131. The summed E-state index contributed by atoms with van der Waals surface area (Å²) in [6.07, 6.45) is 0. The number of anilines is 1. The van der Waals surface area contributed by atoms with Gasteiger partial charge < -0.3 is 24.8 Å². The van der Waals surface area contributed by atoms with Crippen molar-refractivity contribution in [1.29, 1.82) is 5.26 Å². The van der Waals surface area contributed by atoms with Gasteiger partial charge in [0.15, 0.2) is 11.5 Å². The average Bonchev–Trinajstić information content (AvgIpc) is 2.73. The fourth-order valence-corrected chi connectivity index (χ4v) is 3.60. The van der Waals surface area contributed by atoms with Crippen molar-refractivity contribution < 1.29 is 14.2 Å². The molecule has 1 heterocycles. The number of methoxy groups -OCH3 is 2. The van der Waals surface area contributed by atoms with Crippen molar-refractivity contribution in [2.45, 2.75) is 19.8 Å². The minimum atomic E-state index is -0.334. The van der Waals surface area contributed by atoms with Crippen LogP contribution in [0.4, 0.5) is 5.69 Å². The molecular weight excluding hydrogens is 354 g/mol. The van der Waals surface area contributed by atoms with Crippen LogP contribution in [0, 0.1) is 11.3 Å². The van der Waals surface area contributed by atoms with Crippen molar-refractivity contribution in [2.75, 3.05) is 32.2 Å². The zero-order chi connectivity index (χ0) is 20.3. The lowest BCUT2D eigenvalue weighted by Crippen LogP contribution is -2.24. The van der Waals surface area contributed by atoms with Crippen molar-refractivity contribution in [3.8, 4) is 23.3 Å². The van der Waals surface area contributed by atoms with Crippen LogP contribution in [0.1, 0.15) is 30.9 Å². The number of fused-ring (bicyclic) bond motifs is 1. The van der Waals surface area contributed by atoms with Crippen LogP contribution in [0.5, 0.6) is 17.2 Å². The highest BCUT2D eigenvalue weighted by atomic mass is 16.5. The van der Waals surface area contributed by atoms with Crippen LogP contribution in [-0.4, -0.2) is 27.3 Å². The maximum Gasteiger partial charge on any atom is 0.205 e. The number of benzene rings is 2. The fraction of sp³-hybridized carbons (Fsp3) is 0.318. The highest BCUT2D eigenvalue weighted by Crippen LogP contribution is 2.45. The predicted molar refractivity (Wildman–Crippen MR) is 109 cm³/mol. The lowest BCUT2D eigenvalue weighted by molar-refractivity contribution is 0.354. The van der Waals surface area contributed by atoms with Gasteiger partial charge in [0, 0.05) is 30.4 Å². The van der Waals surface area contributed by atoms with Gasteiger partial charge in [0.1, 0.15) is 17.4 Å². The number of ether oxygens (including phenoxy) is 3. The largest absolute Gasteiger partial charge is 0.493 e. The molecule has 1 atom stereocenters. The van der Waals surface area contributed by atoms with E-state index in [0.29, 0.717) is 22.8 Å². The third-order valence-electron chi connectivity index (χ3n) is 5.07. The molecule has 0 saturated heterocycles. The van der Waals surface area contributed by atoms with Crippen molar-refractivity contribution in [3.05, 3.63) is 59.0 Å². The molecule has 6 heteroatoms. The molecular formula is C22H25N3O3. The Morgan fingerprint density at radius 1 is 1.07 bits per heavy atom. The third-order valence-corrected chi connectivity index (χ3v) is 5.07. The van der Waals surface area contributed by atoms with Crippen molar-refractivity contribution in [3.63, 3.8) is 0 Å². The number of nitriles is 1. The molecule has 0 aromatic heterocycles. The first-order valence-electron chi connectivity index (χ1n) is 9.26. The lowest BCUT2D eigenvalue weighted by atomic mass is 9.83. The molecule has 146 valence electrons. The normalized spacial score (nSPS) is 15.3. The molecule has 2 aromatic carbocycles. The number of allylic oxidation sites excluding steroid dienone is 1. The lowest BCUT2D eigenvalue weighted by Gasteiger charge is -2.29. The summed E-state index contributed by atoms with van der Waals surface area (Å²) in [6, 6.07) is 13.9. The third kappa shape index (κ3) is 3.31. The van der Waals surface area contributed by atoms with Gasteiger partial charge >= 0.3 is 0 Å². The summed E-state index contributed by atoms with van der Waals surface area (Å²) in [7, 11) is 3.18. The Bertz CT molecular complexity index is 943. The summed E-state index contributed by atoms with van der Waals surface area (Å²) < 4.78 is 16.6. The summed E-state index contributed by atoms with van der Waals surface area (Å²) in [5.74, 6) is 1.70. The van der Waals surface area contributed by atoms with E-state index in [2.05, 4.69) is 30.9 Å². The van der Waals surface area contributed by atoms with Gasteiger partial charge in [-0.1, -0.05) is 12.1 Å². The standard InChI is InChI=1S/C22H25N3O3/c1-5-25(6-2)15-8-9-16-19(12-15)28-22(24)17(13-23)21(16)14-7-10-18(26-3)20(11-14)27-4/h7-12,21H,5-6,24H2,1-4H3. The van der Waals surface area contributed by atoms with E-state index in [1.807, 2.05) is 30.3 Å². The van der Waals surface area contributed by atoms with Crippen LogP contribution in [-0.2, 0) is 0 Å². The molecule has 28 heavy (non-hydrogen) atoms. The van der Waals surface area contributed by atoms with Crippen molar-refractivity contribution in [2.24, 2.45) is 5.73 Å². The molecule has 2 N–H and O–H groups in total. The Morgan fingerprint density at radius 3 is 2.39 bits per heavy atom. The molecule has 0 amide bonds. The first kappa shape index (κ1) is 19.4. The maximum atomic E-state index is 9.73. The molecule has 0 aliphatic carbocycles. The average molecular weight is 379 g/mol. The molecule has 0 bridgehead atoms. The second kappa shape index (κ2) is 8.13. The second-order valence-electron chi connectivity index (χ2n) is 6.43. The number of hydrogen-bond donors (Lipinski definition) is 1. The van der Waals surface area contributed by atoms with E-state index in [9.17, 15) is 5.26 Å². The summed E-state index contributed by atoms with van der Waals surface area (Å²) in [5, 5.41) is 9.73. The zero-order valence-electron chi connectivity index (χ0n) is 16.7. The van der Waals surface area contributed by atoms with Gasteiger partial charge in [-0.25, -0.2) is 0 Å². The van der Waals surface area contributed by atoms with Crippen LogP contribution in [0.2, 0.25) is 0 Å². The summed E-state index contributed by atoms with van der Waals surface area (Å²) >= 11 is 0. The Balaban J connectivity index is 2.15. The van der Waals surface area contributed by atoms with Crippen LogP contribution in [0.25, 0.3) is 0 Å². The molecule has 0 spiro atoms. The Hall–Kier alpha value is -3.33. The van der Waals surface area contributed by atoms with E-state index in [-0.39, 0.29) is 11.8 Å². The van der Waals surface area contributed by atoms with Gasteiger partial charge in [0.05, 0.1) is 20.1 Å². The monoisotopic (exact) mass is 379 g/mol. The molecule has 0 fully saturated rings. The van der Waals surface area contributed by atoms with Crippen LogP contribution < -0.4 is 24.8 Å². The van der Waals surface area contributed by atoms with Crippen LogP contribution in [0.15, 0.2) is 47.9 Å². The topological polar surface area (TPSA) is 80.7 Å². The van der Waals surface area contributed by atoms with Crippen molar-refractivity contribution in [1.82, 2.24) is 0 Å². The number of nitrogens with two attached hydrogens (primary N) is 1. The summed E-state index contributed by atoms with van der Waals surface area (Å²) in [4.78, 5) is 2.23. The number of rotatable bonds is 6. The van der Waals surface area contributed by atoms with Gasteiger partial charge in [-0.05, 0) is 37.6 Å². The Labute approximate surface area is 165 Å². The molecule has 0 radical (unpaired) electrons. The predicted octanol–water partition coefficient (Wildman–Crippen LogP) is 3.77. The van der Waals surface area contributed by atoms with Crippen molar-refractivity contribution >= 4 is 5.69 Å². The number of nitrogens with zero attached hydrogens (tertiary/aromatic N) is 2. The van der Waals surface area contributed by atoms with E-state index < -0.39 is 0 Å². The van der Waals surface area contributed by atoms with E-state index in [1.165, 1.54) is 0 Å². The molecule has 1 aliphatic rings. The van der Waals surface area contributed by atoms with Gasteiger partial charge in [-0.15, -0.1) is 0 Å². The van der Waals surface area contributed by atoms with Gasteiger partial charge in [-0.2, -0.15) is 5.26 Å². The van der Waals surface area contributed by atoms with E-state index in [0.717, 1.165) is 29.9 Å². The molecule has 3 rings (SSSR count). The minimum Gasteiger partial charge on any atom is -0.493 e. The van der Waals surface area contributed by atoms with Gasteiger partial charge in [0.2, 0.25) is 5.88 Å². The SMILES string of the molecule is CCN(CC)c1ccc2c(c1)OC(N)=C(C#N)C2c1ccc(OC)c(OC)c1.